The summed E-state index contributed by atoms with van der Waals surface area (Å²) in [7, 11) is 0. The van der Waals surface area contributed by atoms with Gasteiger partial charge in [0.25, 0.3) is 0 Å². The van der Waals surface area contributed by atoms with Gasteiger partial charge in [-0.25, -0.2) is 0 Å². The molecule has 0 nitrogen and oxygen atoms in total. The average Bonchev–Trinajstić information content (AvgIpc) is 3.02. The predicted octanol–water partition coefficient (Wildman–Crippen LogP) is 6.42. The van der Waals surface area contributed by atoms with Gasteiger partial charge in [0.05, 0.1) is 0 Å². The van der Waals surface area contributed by atoms with Crippen LogP contribution in [-0.2, 0) is 0 Å². The SMILES string of the molecule is c1ccc2c(c1)sc1cc3c(cc12)sc1ccccc13. The molecule has 0 aliphatic heterocycles. The Bertz CT molecular complexity index is 1010. The molecule has 0 saturated heterocycles. The standard InChI is InChI=1S/C18H10S2/c1-3-7-15-11(5-1)13-9-18-14(10-17(13)19-15)12-6-2-4-8-16(12)20-18/h1-10H. The highest BCUT2D eigenvalue weighted by molar-refractivity contribution is 7.27. The molecule has 0 aliphatic carbocycles. The smallest absolute Gasteiger partial charge is 0.0362 e. The van der Waals surface area contributed by atoms with E-state index in [0.717, 1.165) is 0 Å². The van der Waals surface area contributed by atoms with Crippen LogP contribution in [0.2, 0.25) is 0 Å². The van der Waals surface area contributed by atoms with Crippen molar-refractivity contribution in [3.8, 4) is 0 Å². The third kappa shape index (κ3) is 1.35. The lowest BCUT2D eigenvalue weighted by atomic mass is 10.1. The maximum atomic E-state index is 2.37. The Morgan fingerprint density at radius 2 is 0.900 bits per heavy atom. The average molecular weight is 290 g/mol. The van der Waals surface area contributed by atoms with Crippen LogP contribution in [0.25, 0.3) is 40.3 Å². The van der Waals surface area contributed by atoms with Gasteiger partial charge in [0.2, 0.25) is 0 Å². The van der Waals surface area contributed by atoms with Crippen LogP contribution in [0.4, 0.5) is 0 Å². The first-order valence-electron chi connectivity index (χ1n) is 6.63. The van der Waals surface area contributed by atoms with Crippen molar-refractivity contribution in [3.63, 3.8) is 0 Å². The largest absolute Gasteiger partial charge is 0.135 e. The topological polar surface area (TPSA) is 0 Å². The predicted molar refractivity (Wildman–Crippen MR) is 92.2 cm³/mol. The van der Waals surface area contributed by atoms with E-state index in [-0.39, 0.29) is 0 Å². The lowest BCUT2D eigenvalue weighted by Gasteiger charge is -1.93. The summed E-state index contributed by atoms with van der Waals surface area (Å²) >= 11 is 3.79. The van der Waals surface area contributed by atoms with Gasteiger partial charge in [0.15, 0.2) is 0 Å². The highest BCUT2D eigenvalue weighted by Gasteiger charge is 2.09. The van der Waals surface area contributed by atoms with E-state index in [9.17, 15) is 0 Å². The van der Waals surface area contributed by atoms with Crippen LogP contribution >= 0.6 is 22.7 Å². The van der Waals surface area contributed by atoms with Gasteiger partial charge in [-0.2, -0.15) is 0 Å². The quantitative estimate of drug-likeness (QED) is 0.308. The molecule has 2 heterocycles. The first-order chi connectivity index (χ1) is 9.90. The Labute approximate surface area is 123 Å². The molecule has 5 aromatic rings. The Morgan fingerprint density at radius 1 is 0.450 bits per heavy atom. The summed E-state index contributed by atoms with van der Waals surface area (Å²) in [6, 6.07) is 22.1. The Kier molecular flexibility index (Phi) is 2.07. The highest BCUT2D eigenvalue weighted by atomic mass is 32.1. The molecule has 0 amide bonds. The minimum absolute atomic E-state index is 1.38. The fourth-order valence-electron chi connectivity index (χ4n) is 2.94. The summed E-state index contributed by atoms with van der Waals surface area (Å²) < 4.78 is 5.54. The van der Waals surface area contributed by atoms with E-state index < -0.39 is 0 Å². The summed E-state index contributed by atoms with van der Waals surface area (Å²) in [5, 5.41) is 5.55. The zero-order valence-corrected chi connectivity index (χ0v) is 12.2. The Morgan fingerprint density at radius 3 is 1.40 bits per heavy atom. The molecular weight excluding hydrogens is 280 g/mol. The van der Waals surface area contributed by atoms with Crippen molar-refractivity contribution in [2.45, 2.75) is 0 Å². The minimum atomic E-state index is 1.38. The van der Waals surface area contributed by atoms with E-state index in [1.54, 1.807) is 0 Å². The molecule has 0 unspecified atom stereocenters. The van der Waals surface area contributed by atoms with E-state index in [1.165, 1.54) is 40.3 Å². The highest BCUT2D eigenvalue weighted by Crippen LogP contribution is 2.41. The molecule has 94 valence electrons. The summed E-state index contributed by atoms with van der Waals surface area (Å²) in [6.45, 7) is 0. The molecule has 5 rings (SSSR count). The monoisotopic (exact) mass is 290 g/mol. The lowest BCUT2D eigenvalue weighted by molar-refractivity contribution is 1.86. The molecule has 0 N–H and O–H groups in total. The van der Waals surface area contributed by atoms with Crippen molar-refractivity contribution in [1.82, 2.24) is 0 Å². The van der Waals surface area contributed by atoms with Crippen molar-refractivity contribution < 1.29 is 0 Å². The number of hydrogen-bond donors (Lipinski definition) is 0. The lowest BCUT2D eigenvalue weighted by Crippen LogP contribution is -1.67. The van der Waals surface area contributed by atoms with Gasteiger partial charge in [-0.1, -0.05) is 36.4 Å². The Hall–Kier alpha value is -1.90. The molecule has 0 saturated carbocycles. The third-order valence-corrected chi connectivity index (χ3v) is 6.14. The van der Waals surface area contributed by atoms with Gasteiger partial charge in [0.1, 0.15) is 0 Å². The van der Waals surface area contributed by atoms with Gasteiger partial charge >= 0.3 is 0 Å². The number of benzene rings is 3. The van der Waals surface area contributed by atoms with Gasteiger partial charge in [0, 0.05) is 40.3 Å². The van der Waals surface area contributed by atoms with E-state index in [1.807, 2.05) is 22.7 Å². The molecule has 0 aliphatic rings. The van der Waals surface area contributed by atoms with Gasteiger partial charge < -0.3 is 0 Å². The van der Waals surface area contributed by atoms with Crippen LogP contribution in [-0.4, -0.2) is 0 Å². The van der Waals surface area contributed by atoms with Gasteiger partial charge in [-0.3, -0.25) is 0 Å². The fraction of sp³-hybridized carbons (Fsp3) is 0. The van der Waals surface area contributed by atoms with Crippen LogP contribution in [0.5, 0.6) is 0 Å². The van der Waals surface area contributed by atoms with E-state index in [4.69, 9.17) is 0 Å². The number of fused-ring (bicyclic) bond motifs is 6. The second-order valence-corrected chi connectivity index (χ2v) is 7.21. The molecule has 0 atom stereocenters. The molecule has 0 spiro atoms. The molecule has 20 heavy (non-hydrogen) atoms. The van der Waals surface area contributed by atoms with Crippen molar-refractivity contribution in [2.75, 3.05) is 0 Å². The minimum Gasteiger partial charge on any atom is -0.135 e. The van der Waals surface area contributed by atoms with Crippen LogP contribution in [0.15, 0.2) is 60.7 Å². The van der Waals surface area contributed by atoms with Gasteiger partial charge in [-0.05, 0) is 24.3 Å². The summed E-state index contributed by atoms with van der Waals surface area (Å²) in [5.74, 6) is 0. The molecule has 2 aromatic heterocycles. The zero-order chi connectivity index (χ0) is 13.1. The molecular formula is C18H10S2. The van der Waals surface area contributed by atoms with E-state index >= 15 is 0 Å². The zero-order valence-electron chi connectivity index (χ0n) is 10.6. The van der Waals surface area contributed by atoms with Crippen LogP contribution in [0, 0.1) is 0 Å². The van der Waals surface area contributed by atoms with E-state index in [2.05, 4.69) is 60.7 Å². The second-order valence-electron chi connectivity index (χ2n) is 5.04. The van der Waals surface area contributed by atoms with Crippen molar-refractivity contribution >= 4 is 63.0 Å². The molecule has 3 aromatic carbocycles. The normalized spacial score (nSPS) is 12.0. The summed E-state index contributed by atoms with van der Waals surface area (Å²) in [4.78, 5) is 0. The molecule has 2 heteroatoms. The number of thiophene rings is 2. The van der Waals surface area contributed by atoms with Crippen LogP contribution in [0.3, 0.4) is 0 Å². The first kappa shape index (κ1) is 10.8. The number of rotatable bonds is 0. The second kappa shape index (κ2) is 3.81. The van der Waals surface area contributed by atoms with Crippen molar-refractivity contribution in [1.29, 1.82) is 0 Å². The third-order valence-electron chi connectivity index (χ3n) is 3.88. The summed E-state index contributed by atoms with van der Waals surface area (Å²) in [6.07, 6.45) is 0. The first-order valence-corrected chi connectivity index (χ1v) is 8.26. The molecule has 0 radical (unpaired) electrons. The van der Waals surface area contributed by atoms with Crippen LogP contribution < -0.4 is 0 Å². The number of hydrogen-bond acceptors (Lipinski definition) is 2. The maximum Gasteiger partial charge on any atom is 0.0362 e. The molecule has 0 fully saturated rings. The van der Waals surface area contributed by atoms with Gasteiger partial charge in [-0.15, -0.1) is 22.7 Å². The summed E-state index contributed by atoms with van der Waals surface area (Å²) in [5.41, 5.74) is 0. The molecule has 0 bridgehead atoms. The Balaban J connectivity index is 2.05. The van der Waals surface area contributed by atoms with Crippen LogP contribution in [0.1, 0.15) is 0 Å². The van der Waals surface area contributed by atoms with Crippen molar-refractivity contribution in [2.24, 2.45) is 0 Å². The maximum absolute atomic E-state index is 2.37. The van der Waals surface area contributed by atoms with E-state index in [0.29, 0.717) is 0 Å². The fourth-order valence-corrected chi connectivity index (χ4v) is 5.20. The van der Waals surface area contributed by atoms with Crippen molar-refractivity contribution in [3.05, 3.63) is 60.7 Å².